The van der Waals surface area contributed by atoms with Gasteiger partial charge in [-0.1, -0.05) is 65.8 Å². The Labute approximate surface area is 153 Å². The van der Waals surface area contributed by atoms with Crippen LogP contribution in [0.25, 0.3) is 11.4 Å². The third-order valence-electron chi connectivity index (χ3n) is 4.64. The quantitative estimate of drug-likeness (QED) is 0.714. The molecule has 5 heteroatoms. The predicted octanol–water partition coefficient (Wildman–Crippen LogP) is 3.94. The summed E-state index contributed by atoms with van der Waals surface area (Å²) < 4.78 is 11.6. The highest BCUT2D eigenvalue weighted by molar-refractivity contribution is 5.53. The van der Waals surface area contributed by atoms with E-state index in [0.717, 1.165) is 24.2 Å². The normalized spacial score (nSPS) is 22.2. The summed E-state index contributed by atoms with van der Waals surface area (Å²) in [5.74, 6) is 1.24. The second-order valence-electron chi connectivity index (χ2n) is 6.85. The first kappa shape index (κ1) is 16.9. The maximum absolute atomic E-state index is 5.90. The van der Waals surface area contributed by atoms with Crippen LogP contribution in [0, 0.1) is 0 Å². The molecule has 0 unspecified atom stereocenters. The van der Waals surface area contributed by atoms with Gasteiger partial charge in [-0.05, 0) is 19.4 Å². The Morgan fingerprint density at radius 1 is 0.923 bits per heavy atom. The van der Waals surface area contributed by atoms with Crippen LogP contribution in [0.4, 0.5) is 0 Å². The first-order valence-corrected chi connectivity index (χ1v) is 9.04. The molecule has 0 N–H and O–H groups in total. The zero-order valence-corrected chi connectivity index (χ0v) is 15.1. The number of ether oxygens (including phenoxy) is 1. The minimum absolute atomic E-state index is 0.0741. The number of aromatic nitrogens is 2. The van der Waals surface area contributed by atoms with Crippen LogP contribution in [-0.2, 0) is 4.74 Å². The van der Waals surface area contributed by atoms with E-state index >= 15 is 0 Å². The maximum Gasteiger partial charge on any atom is 0.248 e. The summed E-state index contributed by atoms with van der Waals surface area (Å²) >= 11 is 0. The Hall–Kier alpha value is -2.50. The molecule has 0 bridgehead atoms. The average molecular weight is 349 g/mol. The van der Waals surface area contributed by atoms with Crippen molar-refractivity contribution in [2.45, 2.75) is 32.1 Å². The van der Waals surface area contributed by atoms with Crippen molar-refractivity contribution in [3.05, 3.63) is 72.1 Å². The third kappa shape index (κ3) is 3.54. The van der Waals surface area contributed by atoms with Crippen molar-refractivity contribution < 1.29 is 9.26 Å². The second kappa shape index (κ2) is 7.40. The van der Waals surface area contributed by atoms with Crippen LogP contribution in [0.5, 0.6) is 0 Å². The van der Waals surface area contributed by atoms with Crippen molar-refractivity contribution >= 4 is 0 Å². The zero-order valence-electron chi connectivity index (χ0n) is 15.1. The molecule has 2 heterocycles. The van der Waals surface area contributed by atoms with Crippen molar-refractivity contribution in [2.24, 2.45) is 0 Å². The molecule has 4 rings (SSSR count). The van der Waals surface area contributed by atoms with Gasteiger partial charge in [0.25, 0.3) is 0 Å². The fourth-order valence-corrected chi connectivity index (χ4v) is 3.62. The molecular formula is C21H23N3O2. The van der Waals surface area contributed by atoms with Crippen LogP contribution in [0.3, 0.4) is 0 Å². The highest BCUT2D eigenvalue weighted by Gasteiger charge is 2.33. The molecule has 0 amide bonds. The maximum atomic E-state index is 5.90. The lowest BCUT2D eigenvalue weighted by molar-refractivity contribution is -0.0791. The van der Waals surface area contributed by atoms with Crippen LogP contribution in [-0.4, -0.2) is 40.3 Å². The molecule has 2 aromatic carbocycles. The standard InChI is InChI=1S/C21H23N3O2/c1-15-13-24(14-16(2)25-15)19(17-9-5-3-6-10-17)21-22-20(23-26-21)18-11-7-4-8-12-18/h3-12,15-16,19H,13-14H2,1-2H3/t15-,16+,19-/m1/s1. The molecule has 1 fully saturated rings. The van der Waals surface area contributed by atoms with Gasteiger partial charge in [0, 0.05) is 18.7 Å². The highest BCUT2D eigenvalue weighted by atomic mass is 16.5. The van der Waals surface area contributed by atoms with Crippen LogP contribution in [0.2, 0.25) is 0 Å². The monoisotopic (exact) mass is 349 g/mol. The summed E-state index contributed by atoms with van der Waals surface area (Å²) in [7, 11) is 0. The molecular weight excluding hydrogens is 326 g/mol. The smallest absolute Gasteiger partial charge is 0.248 e. The fourth-order valence-electron chi connectivity index (χ4n) is 3.62. The SMILES string of the molecule is C[C@@H]1CN([C@H](c2ccccc2)c2nc(-c3ccccc3)no2)C[C@H](C)O1. The van der Waals surface area contributed by atoms with E-state index in [0.29, 0.717) is 11.7 Å². The van der Waals surface area contributed by atoms with Crippen molar-refractivity contribution in [2.75, 3.05) is 13.1 Å². The number of hydrogen-bond donors (Lipinski definition) is 0. The molecule has 0 aliphatic carbocycles. The van der Waals surface area contributed by atoms with E-state index in [2.05, 4.69) is 36.0 Å². The van der Waals surface area contributed by atoms with Crippen molar-refractivity contribution in [3.63, 3.8) is 0 Å². The molecule has 1 aliphatic rings. The minimum atomic E-state index is -0.0741. The first-order valence-electron chi connectivity index (χ1n) is 9.04. The number of nitrogens with zero attached hydrogens (tertiary/aromatic N) is 3. The highest BCUT2D eigenvalue weighted by Crippen LogP contribution is 2.31. The van der Waals surface area contributed by atoms with E-state index in [1.807, 2.05) is 48.5 Å². The van der Waals surface area contributed by atoms with E-state index in [-0.39, 0.29) is 18.2 Å². The molecule has 26 heavy (non-hydrogen) atoms. The molecule has 3 aromatic rings. The molecule has 0 saturated carbocycles. The lowest BCUT2D eigenvalue weighted by Gasteiger charge is -2.38. The lowest BCUT2D eigenvalue weighted by atomic mass is 10.0. The van der Waals surface area contributed by atoms with Gasteiger partial charge >= 0.3 is 0 Å². The lowest BCUT2D eigenvalue weighted by Crippen LogP contribution is -2.47. The van der Waals surface area contributed by atoms with E-state index in [4.69, 9.17) is 14.2 Å². The summed E-state index contributed by atoms with van der Waals surface area (Å²) in [5, 5.41) is 4.22. The van der Waals surface area contributed by atoms with Crippen molar-refractivity contribution in [3.8, 4) is 11.4 Å². The topological polar surface area (TPSA) is 51.4 Å². The number of hydrogen-bond acceptors (Lipinski definition) is 5. The zero-order chi connectivity index (χ0) is 17.9. The summed E-state index contributed by atoms with van der Waals surface area (Å²) in [4.78, 5) is 7.09. The number of benzene rings is 2. The van der Waals surface area contributed by atoms with Gasteiger partial charge in [-0.2, -0.15) is 4.98 Å². The fraction of sp³-hybridized carbons (Fsp3) is 0.333. The van der Waals surface area contributed by atoms with Gasteiger partial charge in [-0.15, -0.1) is 0 Å². The number of morpholine rings is 1. The van der Waals surface area contributed by atoms with Gasteiger partial charge in [0.05, 0.1) is 12.2 Å². The molecule has 5 nitrogen and oxygen atoms in total. The summed E-state index contributed by atoms with van der Waals surface area (Å²) in [5.41, 5.74) is 2.11. The van der Waals surface area contributed by atoms with Crippen LogP contribution < -0.4 is 0 Å². The van der Waals surface area contributed by atoms with E-state index < -0.39 is 0 Å². The van der Waals surface area contributed by atoms with Gasteiger partial charge in [0.15, 0.2) is 0 Å². The van der Waals surface area contributed by atoms with Gasteiger partial charge < -0.3 is 9.26 Å². The summed E-state index contributed by atoms with van der Waals surface area (Å²) in [6, 6.07) is 20.2. The number of rotatable bonds is 4. The van der Waals surface area contributed by atoms with Crippen molar-refractivity contribution in [1.82, 2.24) is 15.0 Å². The summed E-state index contributed by atoms with van der Waals surface area (Å²) in [6.45, 7) is 5.86. The molecule has 1 aromatic heterocycles. The van der Waals surface area contributed by atoms with Gasteiger partial charge in [-0.25, -0.2) is 0 Å². The van der Waals surface area contributed by atoms with E-state index in [9.17, 15) is 0 Å². The molecule has 0 spiro atoms. The van der Waals surface area contributed by atoms with Crippen molar-refractivity contribution in [1.29, 1.82) is 0 Å². The molecule has 134 valence electrons. The predicted molar refractivity (Wildman–Crippen MR) is 99.6 cm³/mol. The largest absolute Gasteiger partial charge is 0.373 e. The Bertz CT molecular complexity index is 825. The molecule has 1 saturated heterocycles. The van der Waals surface area contributed by atoms with Crippen LogP contribution in [0.1, 0.15) is 31.3 Å². The molecule has 1 aliphatic heterocycles. The molecule has 0 radical (unpaired) electrons. The van der Waals surface area contributed by atoms with E-state index in [1.165, 1.54) is 0 Å². The summed E-state index contributed by atoms with van der Waals surface area (Å²) in [6.07, 6.45) is 0.336. The Balaban J connectivity index is 1.71. The Morgan fingerprint density at radius 3 is 2.19 bits per heavy atom. The van der Waals surface area contributed by atoms with Gasteiger partial charge in [0.2, 0.25) is 11.7 Å². The molecule has 3 atom stereocenters. The van der Waals surface area contributed by atoms with Crippen LogP contribution in [0.15, 0.2) is 65.2 Å². The average Bonchev–Trinajstić information content (AvgIpc) is 3.12. The first-order chi connectivity index (χ1) is 12.7. The minimum Gasteiger partial charge on any atom is -0.373 e. The Morgan fingerprint density at radius 2 is 1.54 bits per heavy atom. The van der Waals surface area contributed by atoms with Gasteiger partial charge in [-0.3, -0.25) is 4.90 Å². The van der Waals surface area contributed by atoms with E-state index in [1.54, 1.807) is 0 Å². The second-order valence-corrected chi connectivity index (χ2v) is 6.85. The third-order valence-corrected chi connectivity index (χ3v) is 4.64. The van der Waals surface area contributed by atoms with Gasteiger partial charge in [0.1, 0.15) is 6.04 Å². The van der Waals surface area contributed by atoms with Crippen LogP contribution >= 0.6 is 0 Å². The Kier molecular flexibility index (Phi) is 4.82.